The first kappa shape index (κ1) is 26.9. The molecule has 6 nitrogen and oxygen atoms in total. The number of pyridine rings is 1. The van der Waals surface area contributed by atoms with E-state index in [0.717, 1.165) is 24.7 Å². The van der Waals surface area contributed by atoms with Gasteiger partial charge in [-0.2, -0.15) is 0 Å². The molecule has 1 atom stereocenters. The lowest BCUT2D eigenvalue weighted by Crippen LogP contribution is -2.19. The summed E-state index contributed by atoms with van der Waals surface area (Å²) < 4.78 is 44.4. The van der Waals surface area contributed by atoms with Crippen LogP contribution in [0.5, 0.6) is 0 Å². The summed E-state index contributed by atoms with van der Waals surface area (Å²) in [4.78, 5) is 34.3. The third-order valence-corrected chi connectivity index (χ3v) is 7.04. The van der Waals surface area contributed by atoms with E-state index in [0.29, 0.717) is 27.1 Å². The van der Waals surface area contributed by atoms with E-state index in [-0.39, 0.29) is 36.7 Å². The maximum atomic E-state index is 14.3. The van der Waals surface area contributed by atoms with Crippen molar-refractivity contribution in [2.75, 3.05) is 0 Å². The molecule has 2 heterocycles. The summed E-state index contributed by atoms with van der Waals surface area (Å²) in [5, 5.41) is 4.32. The molecule has 0 aliphatic heterocycles. The van der Waals surface area contributed by atoms with Gasteiger partial charge in [0.05, 0.1) is 11.3 Å². The number of Topliss-reactive ketones (excluding diaryl/α,β-unsaturated/α-hetero) is 2. The zero-order valence-corrected chi connectivity index (χ0v) is 22.6. The lowest BCUT2D eigenvalue weighted by atomic mass is 9.86. The number of halogens is 4. The molecule has 39 heavy (non-hydrogen) atoms. The number of nitrogens with zero attached hydrogens (tertiary/aromatic N) is 4. The van der Waals surface area contributed by atoms with Gasteiger partial charge in [0.15, 0.2) is 11.6 Å². The highest BCUT2D eigenvalue weighted by molar-refractivity contribution is 9.10. The Hall–Kier alpha value is -3.66. The lowest BCUT2D eigenvalue weighted by Gasteiger charge is -2.20. The molecule has 0 N–H and O–H groups in total. The fraction of sp³-hybridized carbons (Fsp3) is 0.276. The van der Waals surface area contributed by atoms with Crippen molar-refractivity contribution in [3.63, 3.8) is 0 Å². The first-order valence-corrected chi connectivity index (χ1v) is 13.3. The van der Waals surface area contributed by atoms with E-state index in [4.69, 9.17) is 0 Å². The predicted molar refractivity (Wildman–Crippen MR) is 142 cm³/mol. The maximum Gasteiger partial charge on any atom is 0.217 e. The molecule has 0 radical (unpaired) electrons. The molecular formula is C29H24BrF3N4O2. The van der Waals surface area contributed by atoms with Gasteiger partial charge in [-0.15, -0.1) is 5.10 Å². The van der Waals surface area contributed by atoms with Gasteiger partial charge in [0.25, 0.3) is 0 Å². The number of aromatic nitrogens is 4. The number of benzene rings is 2. The summed E-state index contributed by atoms with van der Waals surface area (Å²) in [5.41, 5.74) is 1.94. The molecular weight excluding hydrogens is 573 g/mol. The number of hydrogen-bond acceptors (Lipinski definition) is 5. The van der Waals surface area contributed by atoms with Crippen LogP contribution in [0.4, 0.5) is 13.2 Å². The van der Waals surface area contributed by atoms with Crippen molar-refractivity contribution in [3.8, 4) is 11.1 Å². The number of carbonyl (C=O) groups excluding carboxylic acids is 2. The summed E-state index contributed by atoms with van der Waals surface area (Å²) in [6.45, 7) is 1.27. The monoisotopic (exact) mass is 596 g/mol. The Morgan fingerprint density at radius 3 is 2.51 bits per heavy atom. The minimum absolute atomic E-state index is 0.00446. The van der Waals surface area contributed by atoms with Crippen molar-refractivity contribution in [3.05, 3.63) is 99.6 Å². The van der Waals surface area contributed by atoms with Crippen LogP contribution in [-0.4, -0.2) is 31.3 Å². The number of rotatable bonds is 10. The zero-order chi connectivity index (χ0) is 27.7. The molecule has 2 aromatic carbocycles. The van der Waals surface area contributed by atoms with E-state index < -0.39 is 29.2 Å². The predicted octanol–water partition coefficient (Wildman–Crippen LogP) is 6.59. The van der Waals surface area contributed by atoms with E-state index in [1.165, 1.54) is 37.3 Å². The highest BCUT2D eigenvalue weighted by Gasteiger charge is 2.31. The fourth-order valence-corrected chi connectivity index (χ4v) is 5.19. The molecule has 0 unspecified atom stereocenters. The number of hydrogen-bond donors (Lipinski definition) is 0. The van der Waals surface area contributed by atoms with Gasteiger partial charge in [-0.3, -0.25) is 14.6 Å². The Morgan fingerprint density at radius 2 is 1.82 bits per heavy atom. The Morgan fingerprint density at radius 1 is 1.08 bits per heavy atom. The smallest absolute Gasteiger partial charge is 0.217 e. The van der Waals surface area contributed by atoms with Crippen LogP contribution < -0.4 is 0 Å². The van der Waals surface area contributed by atoms with Crippen molar-refractivity contribution in [2.45, 2.75) is 51.0 Å². The summed E-state index contributed by atoms with van der Waals surface area (Å²) in [5.74, 6) is -2.20. The average molecular weight is 597 g/mol. The molecule has 4 aromatic rings. The van der Waals surface area contributed by atoms with Crippen LogP contribution in [-0.2, 0) is 17.8 Å². The first-order chi connectivity index (χ1) is 18.7. The second kappa shape index (κ2) is 11.2. The van der Waals surface area contributed by atoms with Gasteiger partial charge in [0.1, 0.15) is 29.8 Å². The molecule has 0 saturated heterocycles. The Kier molecular flexibility index (Phi) is 7.74. The maximum absolute atomic E-state index is 14.3. The molecule has 1 aliphatic rings. The summed E-state index contributed by atoms with van der Waals surface area (Å²) >= 11 is 3.28. The zero-order valence-electron chi connectivity index (χ0n) is 21.0. The van der Waals surface area contributed by atoms with E-state index in [2.05, 4.69) is 31.0 Å². The largest absolute Gasteiger partial charge is 0.298 e. The Balaban J connectivity index is 1.51. The lowest BCUT2D eigenvalue weighted by molar-refractivity contribution is -0.120. The van der Waals surface area contributed by atoms with Gasteiger partial charge in [0.2, 0.25) is 4.73 Å². The van der Waals surface area contributed by atoms with Crippen molar-refractivity contribution in [1.29, 1.82) is 0 Å². The van der Waals surface area contributed by atoms with Crippen LogP contribution in [0.1, 0.15) is 65.5 Å². The van der Waals surface area contributed by atoms with Crippen LogP contribution in [0, 0.1) is 17.5 Å². The van der Waals surface area contributed by atoms with Crippen molar-refractivity contribution < 1.29 is 22.8 Å². The summed E-state index contributed by atoms with van der Waals surface area (Å²) in [7, 11) is 0. The normalized spacial score (nSPS) is 13.9. The van der Waals surface area contributed by atoms with E-state index in [9.17, 15) is 22.8 Å². The molecule has 0 spiro atoms. The van der Waals surface area contributed by atoms with Crippen LogP contribution in [0.3, 0.4) is 0 Å². The molecule has 5 rings (SSSR count). The minimum atomic E-state index is -0.720. The van der Waals surface area contributed by atoms with Gasteiger partial charge >= 0.3 is 0 Å². The Bertz CT molecular complexity index is 1550. The third kappa shape index (κ3) is 6.33. The molecule has 1 saturated carbocycles. The topological polar surface area (TPSA) is 77.7 Å². The van der Waals surface area contributed by atoms with Crippen molar-refractivity contribution >= 4 is 27.5 Å². The van der Waals surface area contributed by atoms with Gasteiger partial charge in [-0.1, -0.05) is 12.1 Å². The van der Waals surface area contributed by atoms with E-state index in [1.807, 2.05) is 0 Å². The number of carbonyl (C=O) groups is 2. The van der Waals surface area contributed by atoms with Crippen LogP contribution >= 0.6 is 15.9 Å². The van der Waals surface area contributed by atoms with E-state index in [1.54, 1.807) is 23.0 Å². The highest BCUT2D eigenvalue weighted by Crippen LogP contribution is 2.39. The summed E-state index contributed by atoms with van der Waals surface area (Å²) in [6.07, 6.45) is 3.68. The van der Waals surface area contributed by atoms with Gasteiger partial charge in [0, 0.05) is 36.1 Å². The molecule has 200 valence electrons. The SMILES string of the molecule is CC(=O)c1cc(-c2cccnc2[C@@H](CC(=O)Cn2nc(Br)nc2C2CC2)Cc2cc(F)cc(F)c2)ccc1F. The molecule has 1 aliphatic carbocycles. The van der Waals surface area contributed by atoms with Gasteiger partial charge in [-0.05, 0) is 83.6 Å². The minimum Gasteiger partial charge on any atom is -0.298 e. The second-order valence-electron chi connectivity index (χ2n) is 9.78. The molecule has 1 fully saturated rings. The average Bonchev–Trinajstić information content (AvgIpc) is 3.65. The van der Waals surface area contributed by atoms with Crippen molar-refractivity contribution in [1.82, 2.24) is 19.7 Å². The Labute approximate surface area is 231 Å². The molecule has 2 aromatic heterocycles. The van der Waals surface area contributed by atoms with Crippen molar-refractivity contribution in [2.24, 2.45) is 0 Å². The first-order valence-electron chi connectivity index (χ1n) is 12.5. The molecule has 0 amide bonds. The van der Waals surface area contributed by atoms with Crippen LogP contribution in [0.25, 0.3) is 11.1 Å². The molecule has 0 bridgehead atoms. The quantitative estimate of drug-likeness (QED) is 0.193. The fourth-order valence-electron chi connectivity index (χ4n) is 4.82. The number of ketones is 2. The van der Waals surface area contributed by atoms with Crippen LogP contribution in [0.15, 0.2) is 59.5 Å². The third-order valence-electron chi connectivity index (χ3n) is 6.70. The highest BCUT2D eigenvalue weighted by atomic mass is 79.9. The van der Waals surface area contributed by atoms with Gasteiger partial charge < -0.3 is 0 Å². The molecule has 10 heteroatoms. The van der Waals surface area contributed by atoms with Crippen LogP contribution in [0.2, 0.25) is 0 Å². The summed E-state index contributed by atoms with van der Waals surface area (Å²) in [6, 6.07) is 10.9. The second-order valence-corrected chi connectivity index (χ2v) is 10.5. The standard InChI is InChI=1S/C29H24BrF3N4O2/c1-16(38)25-13-19(6-7-26(25)33)24-3-2-8-34-27(24)20(9-17-10-21(31)14-22(32)11-17)12-23(39)15-37-28(18-4-5-18)35-29(30)36-37/h2-3,6-8,10-11,13-14,18,20H,4-5,9,12,15H2,1H3/t20-/m1/s1. The van der Waals surface area contributed by atoms with E-state index >= 15 is 0 Å². The van der Waals surface area contributed by atoms with Gasteiger partial charge in [-0.25, -0.2) is 22.8 Å².